The largest absolute Gasteiger partial charge is 0.573 e. The van der Waals surface area contributed by atoms with E-state index in [1.54, 1.807) is 4.68 Å². The van der Waals surface area contributed by atoms with Crippen molar-refractivity contribution < 1.29 is 22.7 Å². The molecule has 0 spiro atoms. The highest BCUT2D eigenvalue weighted by atomic mass is 32.2. The minimum atomic E-state index is -4.77. The van der Waals surface area contributed by atoms with E-state index in [9.17, 15) is 22.8 Å². The molecule has 1 aromatic carbocycles. The quantitative estimate of drug-likeness (QED) is 0.499. The Labute approximate surface area is 192 Å². The number of anilines is 1. The maximum Gasteiger partial charge on any atom is 0.573 e. The van der Waals surface area contributed by atoms with Gasteiger partial charge in [-0.3, -0.25) is 4.79 Å². The molecule has 178 valence electrons. The van der Waals surface area contributed by atoms with Crippen molar-refractivity contribution in [2.75, 3.05) is 49.3 Å². The number of piperazine rings is 1. The maximum atomic E-state index is 12.8. The van der Waals surface area contributed by atoms with Crippen molar-refractivity contribution in [3.8, 4) is 5.75 Å². The van der Waals surface area contributed by atoms with Gasteiger partial charge in [0.1, 0.15) is 10.8 Å². The normalized spacial score (nSPS) is 16.5. The second kappa shape index (κ2) is 9.64. The number of nitrogens with one attached hydrogen (secondary N) is 1. The molecule has 2 aromatic rings. The lowest BCUT2D eigenvalue weighted by Crippen LogP contribution is -2.54. The summed E-state index contributed by atoms with van der Waals surface area (Å²) >= 11 is 1.20. The van der Waals surface area contributed by atoms with E-state index in [1.807, 2.05) is 5.01 Å². The van der Waals surface area contributed by atoms with Crippen LogP contribution in [0.5, 0.6) is 5.75 Å². The molecule has 0 saturated carbocycles. The number of rotatable bonds is 6. The summed E-state index contributed by atoms with van der Waals surface area (Å²) in [5, 5.41) is 5.25. The highest BCUT2D eigenvalue weighted by Crippen LogP contribution is 2.30. The second-order valence-electron chi connectivity index (χ2n) is 7.96. The molecule has 1 amide bonds. The van der Waals surface area contributed by atoms with Gasteiger partial charge in [0.2, 0.25) is 5.91 Å². The number of fused-ring (bicyclic) bond motifs is 1. The molecule has 33 heavy (non-hydrogen) atoms. The lowest BCUT2D eigenvalue weighted by molar-refractivity contribution is -0.274. The number of thioether (sulfide) groups is 1. The maximum absolute atomic E-state index is 12.8. The highest BCUT2D eigenvalue weighted by molar-refractivity contribution is 8.00. The summed E-state index contributed by atoms with van der Waals surface area (Å²) in [5.74, 6) is -0.685. The molecule has 0 atom stereocenters. The van der Waals surface area contributed by atoms with Gasteiger partial charge in [-0.25, -0.2) is 9.47 Å². The van der Waals surface area contributed by atoms with Crippen LogP contribution in [0.3, 0.4) is 0 Å². The zero-order valence-corrected chi connectivity index (χ0v) is 18.8. The minimum absolute atomic E-state index is 0.0260. The van der Waals surface area contributed by atoms with Gasteiger partial charge in [-0.1, -0.05) is 11.8 Å². The summed E-state index contributed by atoms with van der Waals surface area (Å²) in [6, 6.07) is 4.92. The number of nitrogens with zero attached hydrogens (tertiary/aromatic N) is 4. The van der Waals surface area contributed by atoms with Crippen molar-refractivity contribution >= 4 is 23.4 Å². The number of carbonyl (C=O) groups excluding carboxylic acids is 1. The fraction of sp³-hybridized carbons (Fsp3) is 0.476. The first-order chi connectivity index (χ1) is 15.7. The number of amides is 1. The average Bonchev–Trinajstić information content (AvgIpc) is 3.23. The van der Waals surface area contributed by atoms with Gasteiger partial charge in [0.15, 0.2) is 0 Å². The van der Waals surface area contributed by atoms with E-state index in [1.165, 1.54) is 23.9 Å². The number of hydrogen-bond acceptors (Lipinski definition) is 7. The third kappa shape index (κ3) is 5.80. The molecule has 1 aliphatic heterocycles. The third-order valence-electron chi connectivity index (χ3n) is 5.56. The van der Waals surface area contributed by atoms with Crippen molar-refractivity contribution in [2.24, 2.45) is 0 Å². The fourth-order valence-corrected chi connectivity index (χ4v) is 4.86. The van der Waals surface area contributed by atoms with Crippen LogP contribution in [-0.4, -0.2) is 65.8 Å². The van der Waals surface area contributed by atoms with E-state index < -0.39 is 6.36 Å². The summed E-state index contributed by atoms with van der Waals surface area (Å²) in [6.07, 6.45) is -2.24. The summed E-state index contributed by atoms with van der Waals surface area (Å²) in [4.78, 5) is 31.7. The molecule has 0 unspecified atom stereocenters. The Kier molecular flexibility index (Phi) is 6.84. The monoisotopic (exact) mass is 483 g/mol. The van der Waals surface area contributed by atoms with Gasteiger partial charge in [0, 0.05) is 37.4 Å². The average molecular weight is 484 g/mol. The molecule has 4 rings (SSSR count). The van der Waals surface area contributed by atoms with Gasteiger partial charge in [0.05, 0.1) is 11.4 Å². The molecular formula is C21H24F3N5O3S. The van der Waals surface area contributed by atoms with Crippen molar-refractivity contribution in [1.82, 2.24) is 14.6 Å². The molecule has 2 heterocycles. The number of alkyl halides is 3. The van der Waals surface area contributed by atoms with Crippen LogP contribution in [0.15, 0.2) is 34.1 Å². The summed E-state index contributed by atoms with van der Waals surface area (Å²) in [5.41, 5.74) is 2.00. The van der Waals surface area contributed by atoms with Crippen LogP contribution in [0.25, 0.3) is 0 Å². The van der Waals surface area contributed by atoms with E-state index in [-0.39, 0.29) is 23.1 Å². The Morgan fingerprint density at radius 1 is 1.15 bits per heavy atom. The Morgan fingerprint density at radius 3 is 2.52 bits per heavy atom. The van der Waals surface area contributed by atoms with Crippen molar-refractivity contribution in [3.05, 3.63) is 46.0 Å². The highest BCUT2D eigenvalue weighted by Gasteiger charge is 2.31. The number of carbonyl (C=O) groups is 1. The number of aromatic nitrogens is 2. The molecule has 1 aromatic heterocycles. The van der Waals surface area contributed by atoms with Crippen LogP contribution >= 0.6 is 11.8 Å². The van der Waals surface area contributed by atoms with Crippen molar-refractivity contribution in [3.63, 3.8) is 0 Å². The molecule has 8 nitrogen and oxygen atoms in total. The first kappa shape index (κ1) is 23.4. The van der Waals surface area contributed by atoms with Gasteiger partial charge >= 0.3 is 12.1 Å². The smallest absolute Gasteiger partial charge is 0.406 e. The number of likely N-dealkylation sites (N-methyl/N-ethyl adjacent to an activating group) is 1. The second-order valence-corrected chi connectivity index (χ2v) is 8.92. The predicted octanol–water partition coefficient (Wildman–Crippen LogP) is 2.24. The zero-order valence-electron chi connectivity index (χ0n) is 18.0. The van der Waals surface area contributed by atoms with Crippen molar-refractivity contribution in [1.29, 1.82) is 0 Å². The minimum Gasteiger partial charge on any atom is -0.406 e. The van der Waals surface area contributed by atoms with Crippen LogP contribution in [-0.2, 0) is 17.6 Å². The Hall–Kier alpha value is -2.73. The Balaban J connectivity index is 1.40. The van der Waals surface area contributed by atoms with E-state index in [0.29, 0.717) is 10.7 Å². The standard InChI is InChI=1S/C21H24F3N5O3S/c1-27-9-11-28(12-10-27)29-17-4-2-3-16(17)19(26-20(29)31)33-13-18(30)25-14-5-7-15(8-6-14)32-21(22,23)24/h5-8H,2-4,9-13H2,1H3,(H,25,30). The van der Waals surface area contributed by atoms with E-state index in [0.717, 1.165) is 68.8 Å². The van der Waals surface area contributed by atoms with Gasteiger partial charge in [-0.05, 0) is 50.6 Å². The molecule has 12 heteroatoms. The van der Waals surface area contributed by atoms with Gasteiger partial charge in [-0.15, -0.1) is 13.2 Å². The predicted molar refractivity (Wildman–Crippen MR) is 118 cm³/mol. The van der Waals surface area contributed by atoms with Gasteiger partial charge in [-0.2, -0.15) is 4.98 Å². The lowest BCUT2D eigenvalue weighted by Gasteiger charge is -2.35. The summed E-state index contributed by atoms with van der Waals surface area (Å²) < 4.78 is 42.3. The van der Waals surface area contributed by atoms with Crippen LogP contribution in [0.1, 0.15) is 17.7 Å². The lowest BCUT2D eigenvalue weighted by atomic mass is 10.3. The first-order valence-electron chi connectivity index (χ1n) is 10.6. The molecule has 0 bridgehead atoms. The Bertz CT molecular complexity index is 1070. The van der Waals surface area contributed by atoms with E-state index in [2.05, 4.69) is 27.0 Å². The van der Waals surface area contributed by atoms with E-state index >= 15 is 0 Å². The molecule has 2 aliphatic rings. The Morgan fingerprint density at radius 2 is 1.85 bits per heavy atom. The SMILES string of the molecule is CN1CCN(n2c3c(c(SCC(=O)Nc4ccc(OC(F)(F)F)cc4)nc2=O)CCC3)CC1. The summed E-state index contributed by atoms with van der Waals surface area (Å²) in [6.45, 7) is 3.26. The number of hydrogen-bond donors (Lipinski definition) is 1. The van der Waals surface area contributed by atoms with Gasteiger partial charge in [0.25, 0.3) is 0 Å². The van der Waals surface area contributed by atoms with Crippen LogP contribution in [0.2, 0.25) is 0 Å². The zero-order chi connectivity index (χ0) is 23.6. The topological polar surface area (TPSA) is 79.7 Å². The molecule has 1 saturated heterocycles. The number of benzene rings is 1. The molecule has 1 aliphatic carbocycles. The van der Waals surface area contributed by atoms with E-state index in [4.69, 9.17) is 0 Å². The van der Waals surface area contributed by atoms with Crippen LogP contribution in [0.4, 0.5) is 18.9 Å². The number of ether oxygens (including phenoxy) is 1. The van der Waals surface area contributed by atoms with Gasteiger partial charge < -0.3 is 20.0 Å². The van der Waals surface area contributed by atoms with Crippen LogP contribution < -0.4 is 20.8 Å². The molecule has 0 radical (unpaired) electrons. The first-order valence-corrected chi connectivity index (χ1v) is 11.6. The number of halogens is 3. The molecule has 1 N–H and O–H groups in total. The fourth-order valence-electron chi connectivity index (χ4n) is 3.99. The molecular weight excluding hydrogens is 459 g/mol. The molecule has 1 fully saturated rings. The summed E-state index contributed by atoms with van der Waals surface area (Å²) in [7, 11) is 2.05. The third-order valence-corrected chi connectivity index (χ3v) is 6.57. The van der Waals surface area contributed by atoms with Crippen molar-refractivity contribution in [2.45, 2.75) is 30.7 Å². The van der Waals surface area contributed by atoms with Crippen LogP contribution in [0, 0.1) is 0 Å².